The number of amides is 1. The van der Waals surface area contributed by atoms with Gasteiger partial charge in [-0.2, -0.15) is 5.26 Å². The van der Waals surface area contributed by atoms with Gasteiger partial charge in [0, 0.05) is 5.54 Å². The van der Waals surface area contributed by atoms with Gasteiger partial charge >= 0.3 is 0 Å². The Morgan fingerprint density at radius 2 is 1.86 bits per heavy atom. The molecule has 0 spiro atoms. The number of para-hydroxylation sites is 2. The molecular weight excluding hydrogens is 452 g/mol. The molecule has 4 saturated carbocycles. The number of methoxy groups -OCH3 is 1. The molecule has 7 nitrogen and oxygen atoms in total. The highest BCUT2D eigenvalue weighted by Crippen LogP contribution is 2.55. The highest BCUT2D eigenvalue weighted by atomic mass is 16.5. The third-order valence-electron chi connectivity index (χ3n) is 8.07. The van der Waals surface area contributed by atoms with Crippen LogP contribution in [0.3, 0.4) is 0 Å². The van der Waals surface area contributed by atoms with Crippen molar-refractivity contribution < 1.29 is 14.3 Å². The van der Waals surface area contributed by atoms with E-state index >= 15 is 0 Å². The van der Waals surface area contributed by atoms with Gasteiger partial charge in [-0.3, -0.25) is 4.79 Å². The predicted molar refractivity (Wildman–Crippen MR) is 137 cm³/mol. The number of benzene rings is 2. The first kappa shape index (κ1) is 22.7. The van der Waals surface area contributed by atoms with Crippen LogP contribution in [0, 0.1) is 29.1 Å². The molecule has 7 rings (SSSR count). The zero-order valence-electron chi connectivity index (χ0n) is 20.4. The number of nitrogens with zero attached hydrogens (tertiary/aromatic N) is 2. The number of imidazole rings is 1. The van der Waals surface area contributed by atoms with Crippen LogP contribution in [-0.2, 0) is 4.79 Å². The summed E-state index contributed by atoms with van der Waals surface area (Å²) in [7, 11) is 1.57. The van der Waals surface area contributed by atoms with E-state index in [1.165, 1.54) is 19.3 Å². The predicted octanol–water partition coefficient (Wildman–Crippen LogP) is 5.10. The fourth-order valence-corrected chi connectivity index (χ4v) is 7.03. The number of hydrogen-bond donors (Lipinski definition) is 2. The van der Waals surface area contributed by atoms with E-state index in [9.17, 15) is 10.1 Å². The van der Waals surface area contributed by atoms with Crippen molar-refractivity contribution in [3.05, 3.63) is 53.9 Å². The minimum atomic E-state index is -0.0698. The van der Waals surface area contributed by atoms with Crippen LogP contribution in [0.4, 0.5) is 0 Å². The molecule has 4 aliphatic rings. The van der Waals surface area contributed by atoms with Crippen LogP contribution in [0.2, 0.25) is 0 Å². The average Bonchev–Trinajstić information content (AvgIpc) is 3.29. The zero-order chi connectivity index (χ0) is 24.7. The maximum Gasteiger partial charge on any atom is 0.258 e. The largest absolute Gasteiger partial charge is 0.493 e. The molecule has 0 atom stereocenters. The van der Waals surface area contributed by atoms with Crippen LogP contribution >= 0.6 is 0 Å². The van der Waals surface area contributed by atoms with Crippen molar-refractivity contribution in [1.82, 2.24) is 15.3 Å². The van der Waals surface area contributed by atoms with Crippen molar-refractivity contribution in [2.24, 2.45) is 17.8 Å². The van der Waals surface area contributed by atoms with Crippen molar-refractivity contribution in [2.75, 3.05) is 13.7 Å². The molecule has 1 amide bonds. The summed E-state index contributed by atoms with van der Waals surface area (Å²) in [4.78, 5) is 20.6. The summed E-state index contributed by atoms with van der Waals surface area (Å²) in [5.74, 6) is 3.77. The molecule has 184 valence electrons. The molecular formula is C29H30N4O3. The van der Waals surface area contributed by atoms with Crippen LogP contribution in [0.25, 0.3) is 22.7 Å². The maximum absolute atomic E-state index is 12.8. The summed E-state index contributed by atoms with van der Waals surface area (Å²) in [6.07, 6.45) is 9.11. The van der Waals surface area contributed by atoms with E-state index in [1.807, 2.05) is 30.3 Å². The Hall–Kier alpha value is -3.79. The van der Waals surface area contributed by atoms with E-state index in [4.69, 9.17) is 9.47 Å². The Bertz CT molecular complexity index is 1310. The Morgan fingerprint density at radius 1 is 1.14 bits per heavy atom. The molecule has 1 aromatic heterocycles. The lowest BCUT2D eigenvalue weighted by Gasteiger charge is -2.56. The number of aromatic amines is 1. The minimum absolute atomic E-state index is 0.0295. The van der Waals surface area contributed by atoms with Gasteiger partial charge < -0.3 is 19.8 Å². The molecule has 0 aliphatic heterocycles. The Labute approximate surface area is 210 Å². The number of hydrogen-bond acceptors (Lipinski definition) is 5. The summed E-state index contributed by atoms with van der Waals surface area (Å²) < 4.78 is 11.4. The third kappa shape index (κ3) is 4.32. The fourth-order valence-electron chi connectivity index (χ4n) is 7.03. The molecule has 0 radical (unpaired) electrons. The van der Waals surface area contributed by atoms with E-state index in [0.717, 1.165) is 53.6 Å². The molecule has 3 aromatic rings. The first-order valence-electron chi connectivity index (χ1n) is 12.7. The Balaban J connectivity index is 1.14. The van der Waals surface area contributed by atoms with E-state index < -0.39 is 0 Å². The number of allylic oxidation sites excluding steroid dienone is 1. The summed E-state index contributed by atoms with van der Waals surface area (Å²) in [6, 6.07) is 15.3. The molecule has 4 aliphatic carbocycles. The van der Waals surface area contributed by atoms with Gasteiger partial charge in [-0.1, -0.05) is 18.2 Å². The molecule has 4 bridgehead atoms. The van der Waals surface area contributed by atoms with Crippen LogP contribution in [-0.4, -0.2) is 35.1 Å². The summed E-state index contributed by atoms with van der Waals surface area (Å²) in [5, 5.41) is 13.1. The van der Waals surface area contributed by atoms with Crippen molar-refractivity contribution >= 4 is 28.6 Å². The SMILES string of the molecule is COc1cc(/C=C(\C#N)c2nc3ccccc3[nH]2)ccc1OCC(=O)NC12CC3CC(CC(C3)C1)C2. The normalized spacial score (nSPS) is 26.6. The van der Waals surface area contributed by atoms with Crippen molar-refractivity contribution in [1.29, 1.82) is 5.26 Å². The summed E-state index contributed by atoms with van der Waals surface area (Å²) in [5.41, 5.74) is 2.84. The highest BCUT2D eigenvalue weighted by Gasteiger charge is 2.51. The molecule has 0 saturated heterocycles. The number of nitrogens with one attached hydrogen (secondary N) is 2. The standard InChI is InChI=1S/C29H30N4O3/c1-35-26-12-18(11-22(16-30)28-31-23-4-2-3-5-24(23)32-28)6-7-25(26)36-17-27(34)33-29-13-19-8-20(14-29)10-21(9-19)15-29/h2-7,11-12,19-21H,8-10,13-15,17H2,1H3,(H,31,32)(H,33,34)/b22-11+. The lowest BCUT2D eigenvalue weighted by atomic mass is 9.53. The second kappa shape index (κ2) is 9.02. The molecule has 7 heteroatoms. The number of rotatable bonds is 7. The second-order valence-corrected chi connectivity index (χ2v) is 10.7. The van der Waals surface area contributed by atoms with Crippen LogP contribution in [0.15, 0.2) is 42.5 Å². The lowest BCUT2D eigenvalue weighted by molar-refractivity contribution is -0.128. The van der Waals surface area contributed by atoms with Gasteiger partial charge in [-0.15, -0.1) is 0 Å². The maximum atomic E-state index is 12.8. The lowest BCUT2D eigenvalue weighted by Crippen LogP contribution is -2.60. The Morgan fingerprint density at radius 3 is 2.53 bits per heavy atom. The first-order chi connectivity index (χ1) is 17.5. The number of fused-ring (bicyclic) bond motifs is 1. The third-order valence-corrected chi connectivity index (χ3v) is 8.07. The second-order valence-electron chi connectivity index (χ2n) is 10.7. The van der Waals surface area contributed by atoms with E-state index in [0.29, 0.717) is 22.9 Å². The van der Waals surface area contributed by atoms with E-state index in [2.05, 4.69) is 21.4 Å². The number of aromatic nitrogens is 2. The van der Waals surface area contributed by atoms with Crippen molar-refractivity contribution in [3.63, 3.8) is 0 Å². The molecule has 2 N–H and O–H groups in total. The number of ether oxygens (including phenoxy) is 2. The molecule has 0 unspecified atom stereocenters. The highest BCUT2D eigenvalue weighted by molar-refractivity contribution is 5.90. The van der Waals surface area contributed by atoms with Gasteiger partial charge in [0.15, 0.2) is 18.1 Å². The molecule has 36 heavy (non-hydrogen) atoms. The van der Waals surface area contributed by atoms with Crippen LogP contribution in [0.1, 0.15) is 49.9 Å². The smallest absolute Gasteiger partial charge is 0.258 e. The quantitative estimate of drug-likeness (QED) is 0.457. The van der Waals surface area contributed by atoms with Gasteiger partial charge in [0.05, 0.1) is 23.7 Å². The molecule has 1 heterocycles. The Kier molecular flexibility index (Phi) is 5.67. The molecule has 2 aromatic carbocycles. The number of carbonyl (C=O) groups is 1. The average molecular weight is 483 g/mol. The topological polar surface area (TPSA) is 100 Å². The van der Waals surface area contributed by atoms with Crippen LogP contribution in [0.5, 0.6) is 11.5 Å². The number of nitriles is 1. The monoisotopic (exact) mass is 482 g/mol. The first-order valence-corrected chi connectivity index (χ1v) is 12.7. The fraction of sp³-hybridized carbons (Fsp3) is 0.414. The van der Waals surface area contributed by atoms with Crippen molar-refractivity contribution in [2.45, 2.75) is 44.1 Å². The van der Waals surface area contributed by atoms with Gasteiger partial charge in [0.2, 0.25) is 0 Å². The number of H-pyrrole nitrogens is 1. The number of carbonyl (C=O) groups excluding carboxylic acids is 1. The van der Waals surface area contributed by atoms with Gasteiger partial charge in [-0.25, -0.2) is 4.98 Å². The zero-order valence-corrected chi connectivity index (χ0v) is 20.4. The van der Waals surface area contributed by atoms with E-state index in [1.54, 1.807) is 25.3 Å². The summed E-state index contributed by atoms with van der Waals surface area (Å²) in [6.45, 7) is -0.0459. The summed E-state index contributed by atoms with van der Waals surface area (Å²) >= 11 is 0. The van der Waals surface area contributed by atoms with Gasteiger partial charge in [0.25, 0.3) is 5.91 Å². The van der Waals surface area contributed by atoms with Gasteiger partial charge in [-0.05, 0) is 92.2 Å². The van der Waals surface area contributed by atoms with E-state index in [-0.39, 0.29) is 18.1 Å². The van der Waals surface area contributed by atoms with Gasteiger partial charge in [0.1, 0.15) is 11.9 Å². The van der Waals surface area contributed by atoms with Crippen LogP contribution < -0.4 is 14.8 Å². The van der Waals surface area contributed by atoms with Crippen molar-refractivity contribution in [3.8, 4) is 17.6 Å². The molecule has 4 fully saturated rings. The minimum Gasteiger partial charge on any atom is -0.493 e.